The molecule has 0 aromatic heterocycles. The summed E-state index contributed by atoms with van der Waals surface area (Å²) in [7, 11) is 0. The number of hydrogen-bond donors (Lipinski definition) is 2. The molecule has 1 rings (SSSR count). The van der Waals surface area contributed by atoms with E-state index in [0.29, 0.717) is 24.1 Å². The monoisotopic (exact) mass is 515 g/mol. The number of terminal acetylenes is 1. The largest absolute Gasteiger partial charge is 0.466 e. The molecule has 0 spiro atoms. The van der Waals surface area contributed by atoms with Gasteiger partial charge in [0.05, 0.1) is 13.0 Å². The van der Waals surface area contributed by atoms with E-state index < -0.39 is 35.5 Å². The highest BCUT2D eigenvalue weighted by atomic mass is 16.6. The van der Waals surface area contributed by atoms with E-state index in [1.165, 1.54) is 4.90 Å². The maximum atomic E-state index is 13.4. The highest BCUT2D eigenvalue weighted by Crippen LogP contribution is 2.23. The van der Waals surface area contributed by atoms with Gasteiger partial charge in [0, 0.05) is 18.7 Å². The minimum atomic E-state index is -0.983. The third kappa shape index (κ3) is 12.3. The van der Waals surface area contributed by atoms with Crippen LogP contribution in [-0.2, 0) is 23.9 Å². The van der Waals surface area contributed by atoms with Crippen LogP contribution in [0.15, 0.2) is 24.3 Å². The maximum Gasteiger partial charge on any atom is 0.408 e. The molecule has 9 heteroatoms. The van der Waals surface area contributed by atoms with E-state index in [0.717, 1.165) is 19.3 Å². The van der Waals surface area contributed by atoms with Crippen molar-refractivity contribution in [3.63, 3.8) is 0 Å². The van der Waals surface area contributed by atoms with Crippen molar-refractivity contribution in [3.8, 4) is 12.3 Å². The molecule has 0 aliphatic heterocycles. The first-order valence-electron chi connectivity index (χ1n) is 12.8. The van der Waals surface area contributed by atoms with Gasteiger partial charge in [-0.2, -0.15) is 0 Å². The first kappa shape index (κ1) is 31.5. The van der Waals surface area contributed by atoms with Crippen molar-refractivity contribution in [1.82, 2.24) is 15.5 Å². The van der Waals surface area contributed by atoms with Gasteiger partial charge in [-0.15, -0.1) is 6.42 Å². The van der Waals surface area contributed by atoms with Gasteiger partial charge >= 0.3 is 12.1 Å². The molecular formula is C28H41N3O6. The van der Waals surface area contributed by atoms with Gasteiger partial charge in [-0.25, -0.2) is 4.79 Å². The predicted molar refractivity (Wildman–Crippen MR) is 141 cm³/mol. The summed E-state index contributed by atoms with van der Waals surface area (Å²) in [6.45, 7) is 9.26. The van der Waals surface area contributed by atoms with Crippen LogP contribution in [0.3, 0.4) is 0 Å². The lowest BCUT2D eigenvalue weighted by Crippen LogP contribution is -2.48. The Bertz CT molecular complexity index is 931. The fraction of sp³-hybridized carbons (Fsp3) is 0.571. The molecule has 9 nitrogen and oxygen atoms in total. The smallest absolute Gasteiger partial charge is 0.408 e. The SMILES string of the molecule is C#Cc1ccc(C(C(=O)NCCC(=O)OCC)N(CCCCCC)C(=O)CNC(=O)OC(C)(C)C)cc1. The number of nitrogens with zero attached hydrogens (tertiary/aromatic N) is 1. The van der Waals surface area contributed by atoms with Crippen LogP contribution in [0.4, 0.5) is 4.79 Å². The van der Waals surface area contributed by atoms with Crippen LogP contribution in [0.1, 0.15) is 83.9 Å². The number of rotatable bonds is 14. The zero-order valence-electron chi connectivity index (χ0n) is 22.7. The zero-order valence-corrected chi connectivity index (χ0v) is 22.7. The lowest BCUT2D eigenvalue weighted by atomic mass is 10.0. The number of amides is 3. The Morgan fingerprint density at radius 2 is 1.70 bits per heavy atom. The molecule has 2 N–H and O–H groups in total. The summed E-state index contributed by atoms with van der Waals surface area (Å²) in [5.41, 5.74) is 0.485. The third-order valence-corrected chi connectivity index (χ3v) is 5.24. The number of hydrogen-bond acceptors (Lipinski definition) is 6. The van der Waals surface area contributed by atoms with Crippen LogP contribution in [0.25, 0.3) is 0 Å². The van der Waals surface area contributed by atoms with Gasteiger partial charge in [0.2, 0.25) is 11.8 Å². The highest BCUT2D eigenvalue weighted by molar-refractivity contribution is 5.90. The normalized spacial score (nSPS) is 11.6. The first-order valence-corrected chi connectivity index (χ1v) is 12.8. The molecule has 0 heterocycles. The van der Waals surface area contributed by atoms with Gasteiger partial charge in [0.1, 0.15) is 18.2 Å². The number of nitrogens with one attached hydrogen (secondary N) is 2. The summed E-state index contributed by atoms with van der Waals surface area (Å²) in [6, 6.07) is 5.83. The minimum Gasteiger partial charge on any atom is -0.466 e. The molecule has 1 aromatic carbocycles. The van der Waals surface area contributed by atoms with E-state index in [-0.39, 0.29) is 26.1 Å². The molecule has 0 aliphatic carbocycles. The zero-order chi connectivity index (χ0) is 27.8. The Balaban J connectivity index is 3.18. The second-order valence-corrected chi connectivity index (χ2v) is 9.52. The quantitative estimate of drug-likeness (QED) is 0.222. The molecule has 0 saturated heterocycles. The Hall–Kier alpha value is -3.54. The number of benzene rings is 1. The number of carbonyl (C=O) groups excluding carboxylic acids is 4. The van der Waals surface area contributed by atoms with Crippen LogP contribution in [0.5, 0.6) is 0 Å². The fourth-order valence-corrected chi connectivity index (χ4v) is 3.52. The van der Waals surface area contributed by atoms with E-state index in [9.17, 15) is 19.2 Å². The van der Waals surface area contributed by atoms with E-state index in [2.05, 4.69) is 23.5 Å². The second kappa shape index (κ2) is 16.3. The minimum absolute atomic E-state index is 0.00692. The number of ether oxygens (including phenoxy) is 2. The van der Waals surface area contributed by atoms with Gasteiger partial charge < -0.3 is 25.0 Å². The summed E-state index contributed by atoms with van der Waals surface area (Å²) in [5, 5.41) is 5.23. The molecule has 1 atom stereocenters. The molecule has 0 aliphatic rings. The van der Waals surface area contributed by atoms with E-state index in [1.54, 1.807) is 52.0 Å². The van der Waals surface area contributed by atoms with E-state index in [1.807, 2.05) is 0 Å². The van der Waals surface area contributed by atoms with E-state index in [4.69, 9.17) is 15.9 Å². The Morgan fingerprint density at radius 1 is 1.03 bits per heavy atom. The van der Waals surface area contributed by atoms with Crippen molar-refractivity contribution in [1.29, 1.82) is 0 Å². The van der Waals surface area contributed by atoms with Crippen LogP contribution in [0, 0.1) is 12.3 Å². The number of esters is 1. The van der Waals surface area contributed by atoms with Gasteiger partial charge in [0.25, 0.3) is 0 Å². The second-order valence-electron chi connectivity index (χ2n) is 9.52. The molecule has 0 fully saturated rings. The average Bonchev–Trinajstić information content (AvgIpc) is 2.83. The molecular weight excluding hydrogens is 474 g/mol. The number of unbranched alkanes of at least 4 members (excludes halogenated alkanes) is 3. The number of alkyl carbamates (subject to hydrolysis) is 1. The molecule has 0 saturated carbocycles. The van der Waals surface area contributed by atoms with Crippen molar-refractivity contribution < 1.29 is 28.7 Å². The van der Waals surface area contributed by atoms with Crippen molar-refractivity contribution >= 4 is 23.9 Å². The topological polar surface area (TPSA) is 114 Å². The Kier molecular flexibility index (Phi) is 13.8. The lowest BCUT2D eigenvalue weighted by Gasteiger charge is -2.32. The van der Waals surface area contributed by atoms with Crippen molar-refractivity contribution in [2.75, 3.05) is 26.2 Å². The van der Waals surface area contributed by atoms with Crippen molar-refractivity contribution in [2.24, 2.45) is 0 Å². The van der Waals surface area contributed by atoms with Crippen molar-refractivity contribution in [3.05, 3.63) is 35.4 Å². The van der Waals surface area contributed by atoms with Gasteiger partial charge in [-0.1, -0.05) is 44.2 Å². The van der Waals surface area contributed by atoms with Crippen LogP contribution in [0.2, 0.25) is 0 Å². The maximum absolute atomic E-state index is 13.4. The molecule has 1 unspecified atom stereocenters. The lowest BCUT2D eigenvalue weighted by molar-refractivity contribution is -0.143. The summed E-state index contributed by atoms with van der Waals surface area (Å²) in [5.74, 6) is 1.23. The average molecular weight is 516 g/mol. The van der Waals surface area contributed by atoms with Gasteiger partial charge in [-0.3, -0.25) is 14.4 Å². The standard InChI is InChI=1S/C28H41N3O6/c1-7-10-11-12-19-31(23(32)20-30-27(35)37-28(4,5)6)25(22-15-13-21(8-2)14-16-22)26(34)29-18-17-24(33)36-9-3/h2,13-16,25H,7,9-12,17-20H2,1,3-6H3,(H,29,34)(H,30,35). The molecule has 0 radical (unpaired) electrons. The fourth-order valence-electron chi connectivity index (χ4n) is 3.52. The number of carbonyl (C=O) groups is 4. The molecule has 37 heavy (non-hydrogen) atoms. The molecule has 3 amide bonds. The highest BCUT2D eigenvalue weighted by Gasteiger charge is 2.31. The van der Waals surface area contributed by atoms with Crippen LogP contribution >= 0.6 is 0 Å². The summed E-state index contributed by atoms with van der Waals surface area (Å²) >= 11 is 0. The van der Waals surface area contributed by atoms with Crippen molar-refractivity contribution in [2.45, 2.75) is 78.4 Å². The Morgan fingerprint density at radius 3 is 2.27 bits per heavy atom. The summed E-state index contributed by atoms with van der Waals surface area (Å²) in [6.07, 6.45) is 8.33. The van der Waals surface area contributed by atoms with Gasteiger partial charge in [-0.05, 0) is 51.8 Å². The van der Waals surface area contributed by atoms with E-state index >= 15 is 0 Å². The first-order chi connectivity index (χ1) is 17.5. The molecule has 204 valence electrons. The third-order valence-electron chi connectivity index (χ3n) is 5.24. The van der Waals surface area contributed by atoms with Crippen LogP contribution < -0.4 is 10.6 Å². The van der Waals surface area contributed by atoms with Crippen LogP contribution in [-0.4, -0.2) is 60.6 Å². The summed E-state index contributed by atoms with van der Waals surface area (Å²) < 4.78 is 10.2. The summed E-state index contributed by atoms with van der Waals surface area (Å²) in [4.78, 5) is 52.1. The molecule has 1 aromatic rings. The Labute approximate surface area is 220 Å². The molecule has 0 bridgehead atoms. The van der Waals surface area contributed by atoms with Gasteiger partial charge in [0.15, 0.2) is 0 Å². The predicted octanol–water partition coefficient (Wildman–Crippen LogP) is 3.71.